The van der Waals surface area contributed by atoms with Crippen LogP contribution in [0.4, 0.5) is 0 Å². The lowest BCUT2D eigenvalue weighted by Crippen LogP contribution is -2.23. The van der Waals surface area contributed by atoms with Gasteiger partial charge in [-0.25, -0.2) is 0 Å². The van der Waals surface area contributed by atoms with Gasteiger partial charge in [-0.1, -0.05) is 30.3 Å². The molecular formula is C16H20O4. The lowest BCUT2D eigenvalue weighted by atomic mass is 9.98. The van der Waals surface area contributed by atoms with Crippen LogP contribution in [0.1, 0.15) is 37.8 Å². The summed E-state index contributed by atoms with van der Waals surface area (Å²) in [6, 6.07) is 7.69. The van der Waals surface area contributed by atoms with Gasteiger partial charge in [0.05, 0.1) is 5.92 Å². The van der Waals surface area contributed by atoms with Crippen LogP contribution in [-0.2, 0) is 25.5 Å². The maximum absolute atomic E-state index is 12.0. The first kappa shape index (κ1) is 16.0. The van der Waals surface area contributed by atoms with Crippen molar-refractivity contribution in [2.24, 2.45) is 0 Å². The Morgan fingerprint density at radius 1 is 1.30 bits per heavy atom. The van der Waals surface area contributed by atoms with Gasteiger partial charge in [-0.15, -0.1) is 6.58 Å². The van der Waals surface area contributed by atoms with Crippen LogP contribution < -0.4 is 0 Å². The molecule has 0 aromatic heterocycles. The second kappa shape index (κ2) is 7.48. The number of hydrogen-bond donors (Lipinski definition) is 0. The van der Waals surface area contributed by atoms with E-state index >= 15 is 0 Å². The summed E-state index contributed by atoms with van der Waals surface area (Å²) in [6.07, 6.45) is 1.68. The third kappa shape index (κ3) is 4.88. The molecule has 0 saturated heterocycles. The van der Waals surface area contributed by atoms with Gasteiger partial charge in [0.2, 0.25) is 6.29 Å². The fourth-order valence-corrected chi connectivity index (χ4v) is 1.82. The second-order valence-corrected chi connectivity index (χ2v) is 4.57. The Bertz CT molecular complexity index is 493. The average Bonchev–Trinajstić information content (AvgIpc) is 2.37. The zero-order valence-electron chi connectivity index (χ0n) is 12.1. The van der Waals surface area contributed by atoms with E-state index in [2.05, 4.69) is 6.58 Å². The maximum atomic E-state index is 12.0. The summed E-state index contributed by atoms with van der Waals surface area (Å²) >= 11 is 0. The molecule has 0 N–H and O–H groups in total. The Kier molecular flexibility index (Phi) is 5.97. The van der Waals surface area contributed by atoms with Gasteiger partial charge < -0.3 is 9.47 Å². The molecule has 20 heavy (non-hydrogen) atoms. The minimum Gasteiger partial charge on any atom is -0.426 e. The number of carbonyl (C=O) groups excluding carboxylic acids is 2. The lowest BCUT2D eigenvalue weighted by molar-refractivity contribution is -0.183. The Labute approximate surface area is 119 Å². The molecule has 0 bridgehead atoms. The first-order valence-electron chi connectivity index (χ1n) is 6.51. The van der Waals surface area contributed by atoms with Gasteiger partial charge in [0.1, 0.15) is 0 Å². The highest BCUT2D eigenvalue weighted by atomic mass is 16.7. The molecular weight excluding hydrogens is 256 g/mol. The molecule has 108 valence electrons. The van der Waals surface area contributed by atoms with Gasteiger partial charge in [0.25, 0.3) is 0 Å². The summed E-state index contributed by atoms with van der Waals surface area (Å²) in [5.74, 6) is -1.32. The second-order valence-electron chi connectivity index (χ2n) is 4.57. The van der Waals surface area contributed by atoms with Crippen molar-refractivity contribution < 1.29 is 19.1 Å². The first-order chi connectivity index (χ1) is 9.43. The predicted octanol–water partition coefficient (Wildman–Crippen LogP) is 2.97. The molecule has 1 rings (SSSR count). The molecule has 0 aliphatic heterocycles. The van der Waals surface area contributed by atoms with Crippen molar-refractivity contribution in [1.82, 2.24) is 0 Å². The molecule has 2 unspecified atom stereocenters. The van der Waals surface area contributed by atoms with Crippen molar-refractivity contribution in [2.75, 3.05) is 0 Å². The number of ether oxygens (including phenoxy) is 2. The molecule has 0 heterocycles. The molecule has 1 aromatic rings. The van der Waals surface area contributed by atoms with E-state index in [4.69, 9.17) is 9.47 Å². The van der Waals surface area contributed by atoms with Crippen molar-refractivity contribution in [3.63, 3.8) is 0 Å². The van der Waals surface area contributed by atoms with Crippen LogP contribution in [0, 0.1) is 0 Å². The zero-order valence-corrected chi connectivity index (χ0v) is 12.1. The topological polar surface area (TPSA) is 52.6 Å². The predicted molar refractivity (Wildman–Crippen MR) is 76.1 cm³/mol. The van der Waals surface area contributed by atoms with Crippen molar-refractivity contribution in [1.29, 1.82) is 0 Å². The summed E-state index contributed by atoms with van der Waals surface area (Å²) in [5.41, 5.74) is 1.95. The highest BCUT2D eigenvalue weighted by Crippen LogP contribution is 2.19. The summed E-state index contributed by atoms with van der Waals surface area (Å²) in [7, 11) is 0. The van der Waals surface area contributed by atoms with Crippen LogP contribution in [0.2, 0.25) is 0 Å². The molecule has 0 saturated carbocycles. The van der Waals surface area contributed by atoms with E-state index in [-0.39, 0.29) is 0 Å². The van der Waals surface area contributed by atoms with E-state index < -0.39 is 24.1 Å². The van der Waals surface area contributed by atoms with Crippen LogP contribution in [-0.4, -0.2) is 18.2 Å². The Hall–Kier alpha value is -2.10. The number of esters is 2. The molecule has 2 atom stereocenters. The standard InChI is InChI=1S/C16H20O4/c1-5-7-14-8-6-9-15(10-14)11(2)16(18)20-13(4)19-12(3)17/h5-6,8-11,13H,1,7H2,2-4H3. The minimum atomic E-state index is -0.876. The van der Waals surface area contributed by atoms with Gasteiger partial charge in [0, 0.05) is 13.8 Å². The van der Waals surface area contributed by atoms with Crippen LogP contribution in [0.5, 0.6) is 0 Å². The van der Waals surface area contributed by atoms with E-state index in [1.807, 2.05) is 30.3 Å². The largest absolute Gasteiger partial charge is 0.426 e. The molecule has 0 amide bonds. The fourth-order valence-electron chi connectivity index (χ4n) is 1.82. The molecule has 1 aromatic carbocycles. The SMILES string of the molecule is C=CCc1cccc(C(C)C(=O)OC(C)OC(C)=O)c1. The maximum Gasteiger partial charge on any atom is 0.316 e. The molecule has 4 heteroatoms. The third-order valence-corrected chi connectivity index (χ3v) is 2.80. The van der Waals surface area contributed by atoms with Gasteiger partial charge >= 0.3 is 11.9 Å². The average molecular weight is 276 g/mol. The number of benzene rings is 1. The van der Waals surface area contributed by atoms with Gasteiger partial charge in [0.15, 0.2) is 0 Å². The van der Waals surface area contributed by atoms with Crippen molar-refractivity contribution >= 4 is 11.9 Å². The quantitative estimate of drug-likeness (QED) is 0.455. The Balaban J connectivity index is 2.70. The van der Waals surface area contributed by atoms with E-state index in [9.17, 15) is 9.59 Å². The zero-order chi connectivity index (χ0) is 15.1. The highest BCUT2D eigenvalue weighted by molar-refractivity contribution is 5.78. The minimum absolute atomic E-state index is 0.419. The van der Waals surface area contributed by atoms with Crippen LogP contribution >= 0.6 is 0 Å². The summed E-state index contributed by atoms with van der Waals surface area (Å²) in [4.78, 5) is 22.7. The number of allylic oxidation sites excluding steroid dienone is 1. The smallest absolute Gasteiger partial charge is 0.316 e. The number of carbonyl (C=O) groups is 2. The molecule has 0 spiro atoms. The molecule has 0 radical (unpaired) electrons. The summed E-state index contributed by atoms with van der Waals surface area (Å²) in [6.45, 7) is 8.24. The van der Waals surface area contributed by atoms with Crippen LogP contribution in [0.25, 0.3) is 0 Å². The van der Waals surface area contributed by atoms with Gasteiger partial charge in [-0.05, 0) is 24.5 Å². The van der Waals surface area contributed by atoms with Crippen molar-refractivity contribution in [3.05, 3.63) is 48.0 Å². The van der Waals surface area contributed by atoms with Crippen LogP contribution in [0.15, 0.2) is 36.9 Å². The number of rotatable bonds is 6. The van der Waals surface area contributed by atoms with E-state index in [0.29, 0.717) is 0 Å². The lowest BCUT2D eigenvalue weighted by Gasteiger charge is -2.17. The van der Waals surface area contributed by atoms with E-state index in [0.717, 1.165) is 17.5 Å². The van der Waals surface area contributed by atoms with Crippen molar-refractivity contribution in [2.45, 2.75) is 39.4 Å². The summed E-state index contributed by atoms with van der Waals surface area (Å²) < 4.78 is 9.85. The highest BCUT2D eigenvalue weighted by Gasteiger charge is 2.20. The summed E-state index contributed by atoms with van der Waals surface area (Å²) in [5, 5.41) is 0. The Morgan fingerprint density at radius 2 is 2.00 bits per heavy atom. The fraction of sp³-hybridized carbons (Fsp3) is 0.375. The Morgan fingerprint density at radius 3 is 2.60 bits per heavy atom. The van der Waals surface area contributed by atoms with Gasteiger partial charge in [-0.2, -0.15) is 0 Å². The van der Waals surface area contributed by atoms with Gasteiger partial charge in [-0.3, -0.25) is 9.59 Å². The monoisotopic (exact) mass is 276 g/mol. The third-order valence-electron chi connectivity index (χ3n) is 2.80. The van der Waals surface area contributed by atoms with E-state index in [1.165, 1.54) is 13.8 Å². The van der Waals surface area contributed by atoms with E-state index in [1.54, 1.807) is 6.92 Å². The normalized spacial score (nSPS) is 13.2. The first-order valence-corrected chi connectivity index (χ1v) is 6.51. The molecule has 0 aliphatic rings. The molecule has 0 fully saturated rings. The molecule has 4 nitrogen and oxygen atoms in total. The number of hydrogen-bond acceptors (Lipinski definition) is 4. The van der Waals surface area contributed by atoms with Crippen LogP contribution in [0.3, 0.4) is 0 Å². The van der Waals surface area contributed by atoms with Crippen molar-refractivity contribution in [3.8, 4) is 0 Å². The molecule has 0 aliphatic carbocycles.